The standard InChI is InChI=1S/C29H32FN3O4S2/c1-17(2)13-25-26(19-8-9-22(30)23(15-19)37-11-10-36-18(3)4)32-29(39-25)33-27-21(28(34)35-5)14-20(16-31-27)24-7-6-12-38-24/h6-9,12,14-18H,10-11,13H2,1-5H3,(H,31,32,33). The fourth-order valence-electron chi connectivity index (χ4n) is 3.85. The summed E-state index contributed by atoms with van der Waals surface area (Å²) in [5, 5.41) is 5.76. The number of nitrogens with zero attached hydrogens (tertiary/aromatic N) is 2. The molecule has 4 aromatic rings. The molecule has 3 heterocycles. The molecule has 39 heavy (non-hydrogen) atoms. The second kappa shape index (κ2) is 13.1. The number of hydrogen-bond donors (Lipinski definition) is 1. The van der Waals surface area contributed by atoms with Crippen molar-refractivity contribution in [2.75, 3.05) is 25.6 Å². The molecular formula is C29H32FN3O4S2. The Bertz CT molecular complexity index is 1400. The summed E-state index contributed by atoms with van der Waals surface area (Å²) >= 11 is 3.04. The third-order valence-electron chi connectivity index (χ3n) is 5.61. The summed E-state index contributed by atoms with van der Waals surface area (Å²) in [6, 6.07) is 10.4. The van der Waals surface area contributed by atoms with Crippen LogP contribution in [-0.4, -0.2) is 42.4 Å². The molecule has 0 atom stereocenters. The van der Waals surface area contributed by atoms with Crippen LogP contribution in [0.2, 0.25) is 0 Å². The van der Waals surface area contributed by atoms with Gasteiger partial charge in [-0.05, 0) is 61.9 Å². The highest BCUT2D eigenvalue weighted by Gasteiger charge is 2.20. The van der Waals surface area contributed by atoms with Gasteiger partial charge >= 0.3 is 5.97 Å². The number of aromatic nitrogens is 2. The summed E-state index contributed by atoms with van der Waals surface area (Å²) < 4.78 is 30.7. The summed E-state index contributed by atoms with van der Waals surface area (Å²) in [5.41, 5.74) is 2.61. The number of benzene rings is 1. The molecule has 0 fully saturated rings. The van der Waals surface area contributed by atoms with E-state index in [1.807, 2.05) is 31.4 Å². The number of methoxy groups -OCH3 is 1. The van der Waals surface area contributed by atoms with E-state index < -0.39 is 11.8 Å². The van der Waals surface area contributed by atoms with E-state index in [-0.39, 0.29) is 18.5 Å². The Morgan fingerprint density at radius 1 is 1.10 bits per heavy atom. The molecule has 0 bridgehead atoms. The largest absolute Gasteiger partial charge is 0.488 e. The number of ether oxygens (including phenoxy) is 3. The molecule has 0 aliphatic carbocycles. The van der Waals surface area contributed by atoms with Gasteiger partial charge in [-0.15, -0.1) is 22.7 Å². The lowest BCUT2D eigenvalue weighted by Gasteiger charge is -2.11. The molecular weight excluding hydrogens is 537 g/mol. The van der Waals surface area contributed by atoms with E-state index in [4.69, 9.17) is 19.2 Å². The highest BCUT2D eigenvalue weighted by molar-refractivity contribution is 7.16. The average Bonchev–Trinajstić information content (AvgIpc) is 3.57. The highest BCUT2D eigenvalue weighted by Crippen LogP contribution is 2.37. The van der Waals surface area contributed by atoms with Crippen LogP contribution in [0.15, 0.2) is 48.0 Å². The van der Waals surface area contributed by atoms with Crippen molar-refractivity contribution < 1.29 is 23.4 Å². The number of anilines is 2. The van der Waals surface area contributed by atoms with Crippen LogP contribution in [0, 0.1) is 11.7 Å². The number of hydrogen-bond acceptors (Lipinski definition) is 9. The molecule has 0 aliphatic heterocycles. The van der Waals surface area contributed by atoms with Crippen molar-refractivity contribution in [2.45, 2.75) is 40.2 Å². The van der Waals surface area contributed by atoms with Crippen molar-refractivity contribution in [3.05, 3.63) is 64.2 Å². The zero-order valence-corrected chi connectivity index (χ0v) is 24.2. The number of thiophene rings is 1. The van der Waals surface area contributed by atoms with Gasteiger partial charge < -0.3 is 19.5 Å². The summed E-state index contributed by atoms with van der Waals surface area (Å²) in [6.07, 6.45) is 2.57. The highest BCUT2D eigenvalue weighted by atomic mass is 32.1. The SMILES string of the molecule is COC(=O)c1cc(-c2cccs2)cnc1Nc1nc(-c2ccc(F)c(OCCOC(C)C)c2)c(CC(C)C)s1. The second-order valence-corrected chi connectivity index (χ2v) is 11.5. The number of halogens is 1. The van der Waals surface area contributed by atoms with Crippen LogP contribution in [0.1, 0.15) is 42.9 Å². The first-order chi connectivity index (χ1) is 18.7. The topological polar surface area (TPSA) is 82.6 Å². The Labute approximate surface area is 236 Å². The van der Waals surface area contributed by atoms with Gasteiger partial charge in [0.05, 0.1) is 25.5 Å². The van der Waals surface area contributed by atoms with Crippen LogP contribution in [-0.2, 0) is 15.9 Å². The number of esters is 1. The van der Waals surface area contributed by atoms with Crippen LogP contribution in [0.25, 0.3) is 21.7 Å². The quantitative estimate of drug-likeness (QED) is 0.139. The van der Waals surface area contributed by atoms with Gasteiger partial charge in [0.15, 0.2) is 16.7 Å². The molecule has 10 heteroatoms. The third-order valence-corrected chi connectivity index (χ3v) is 7.52. The normalized spacial score (nSPS) is 11.3. The third kappa shape index (κ3) is 7.40. The van der Waals surface area contributed by atoms with E-state index in [1.165, 1.54) is 24.5 Å². The monoisotopic (exact) mass is 569 g/mol. The molecule has 3 aromatic heterocycles. The van der Waals surface area contributed by atoms with Gasteiger partial charge in [-0.3, -0.25) is 0 Å². The van der Waals surface area contributed by atoms with E-state index in [0.29, 0.717) is 29.0 Å². The molecule has 0 amide bonds. The molecule has 4 rings (SSSR count). The van der Waals surface area contributed by atoms with Gasteiger partial charge in [0.1, 0.15) is 18.0 Å². The van der Waals surface area contributed by atoms with E-state index in [9.17, 15) is 9.18 Å². The van der Waals surface area contributed by atoms with Crippen LogP contribution in [0.4, 0.5) is 15.3 Å². The van der Waals surface area contributed by atoms with Crippen LogP contribution >= 0.6 is 22.7 Å². The summed E-state index contributed by atoms with van der Waals surface area (Å²) in [5.74, 6) is -0.0665. The van der Waals surface area contributed by atoms with E-state index in [2.05, 4.69) is 24.1 Å². The first-order valence-corrected chi connectivity index (χ1v) is 14.4. The maximum absolute atomic E-state index is 14.5. The molecule has 1 aromatic carbocycles. The van der Waals surface area contributed by atoms with Gasteiger partial charge in [0, 0.05) is 27.1 Å². The Balaban J connectivity index is 1.65. The minimum absolute atomic E-state index is 0.0744. The fourth-order valence-corrected chi connectivity index (χ4v) is 5.75. The van der Waals surface area contributed by atoms with Crippen molar-refractivity contribution in [3.63, 3.8) is 0 Å². The van der Waals surface area contributed by atoms with Gasteiger partial charge in [0.25, 0.3) is 0 Å². The van der Waals surface area contributed by atoms with Crippen molar-refractivity contribution in [2.24, 2.45) is 5.92 Å². The van der Waals surface area contributed by atoms with Crippen molar-refractivity contribution in [3.8, 4) is 27.4 Å². The molecule has 7 nitrogen and oxygen atoms in total. The molecule has 1 N–H and O–H groups in total. The number of carbonyl (C=O) groups is 1. The van der Waals surface area contributed by atoms with Crippen LogP contribution in [0.3, 0.4) is 0 Å². The molecule has 0 saturated heterocycles. The average molecular weight is 570 g/mol. The summed E-state index contributed by atoms with van der Waals surface area (Å²) in [4.78, 5) is 24.0. The minimum Gasteiger partial charge on any atom is -0.488 e. The predicted molar refractivity (Wildman–Crippen MR) is 155 cm³/mol. The van der Waals surface area contributed by atoms with Crippen molar-refractivity contribution in [1.82, 2.24) is 9.97 Å². The van der Waals surface area contributed by atoms with Gasteiger partial charge in [-0.1, -0.05) is 19.9 Å². The Morgan fingerprint density at radius 2 is 1.92 bits per heavy atom. The van der Waals surface area contributed by atoms with Gasteiger partial charge in [0.2, 0.25) is 0 Å². The minimum atomic E-state index is -0.496. The predicted octanol–water partition coefficient (Wildman–Crippen LogP) is 7.61. The summed E-state index contributed by atoms with van der Waals surface area (Å²) in [6.45, 7) is 8.74. The lowest BCUT2D eigenvalue weighted by Crippen LogP contribution is -2.11. The molecule has 0 unspecified atom stereocenters. The maximum atomic E-state index is 14.5. The second-order valence-electron chi connectivity index (χ2n) is 9.52. The summed E-state index contributed by atoms with van der Waals surface area (Å²) in [7, 11) is 1.34. The number of carbonyl (C=O) groups excluding carboxylic acids is 1. The lowest BCUT2D eigenvalue weighted by atomic mass is 10.0. The zero-order chi connectivity index (χ0) is 27.9. The Hall–Kier alpha value is -3.34. The number of rotatable bonds is 12. The molecule has 206 valence electrons. The lowest BCUT2D eigenvalue weighted by molar-refractivity contribution is 0.0544. The van der Waals surface area contributed by atoms with Crippen molar-refractivity contribution >= 4 is 39.6 Å². The van der Waals surface area contributed by atoms with Gasteiger partial charge in [-0.2, -0.15) is 0 Å². The van der Waals surface area contributed by atoms with E-state index in [0.717, 1.165) is 33.0 Å². The van der Waals surface area contributed by atoms with E-state index >= 15 is 0 Å². The molecule has 0 spiro atoms. The van der Waals surface area contributed by atoms with Gasteiger partial charge in [-0.25, -0.2) is 19.2 Å². The van der Waals surface area contributed by atoms with E-state index in [1.54, 1.807) is 35.7 Å². The Morgan fingerprint density at radius 3 is 2.62 bits per heavy atom. The maximum Gasteiger partial charge on any atom is 0.341 e. The van der Waals surface area contributed by atoms with Crippen LogP contribution in [0.5, 0.6) is 5.75 Å². The Kier molecular flexibility index (Phi) is 9.66. The van der Waals surface area contributed by atoms with Crippen molar-refractivity contribution in [1.29, 1.82) is 0 Å². The number of nitrogens with one attached hydrogen (secondary N) is 1. The molecule has 0 saturated carbocycles. The molecule has 0 aliphatic rings. The number of pyridine rings is 1. The van der Waals surface area contributed by atoms with Crippen LogP contribution < -0.4 is 10.1 Å². The first kappa shape index (κ1) is 28.7. The zero-order valence-electron chi connectivity index (χ0n) is 22.6. The first-order valence-electron chi connectivity index (χ1n) is 12.7. The smallest absolute Gasteiger partial charge is 0.341 e. The molecule has 0 radical (unpaired) electrons. The number of thiazole rings is 1. The fraction of sp³-hybridized carbons (Fsp3) is 0.345.